The lowest BCUT2D eigenvalue weighted by Crippen LogP contribution is -2.22. The fourth-order valence-corrected chi connectivity index (χ4v) is 1.28. The van der Waals surface area contributed by atoms with Crippen molar-refractivity contribution in [3.8, 4) is 0 Å². The monoisotopic (exact) mass is 156 g/mol. The Morgan fingerprint density at radius 3 is 2.73 bits per heavy atom. The highest BCUT2D eigenvalue weighted by atomic mass is 16.6. The zero-order chi connectivity index (χ0) is 8.27. The molecule has 1 fully saturated rings. The number of methoxy groups -OCH3 is 2. The first-order chi connectivity index (χ1) is 5.27. The molecule has 1 rings (SSSR count). The molecule has 0 aromatic rings. The van der Waals surface area contributed by atoms with Gasteiger partial charge in [-0.25, -0.2) is 0 Å². The van der Waals surface area contributed by atoms with Gasteiger partial charge in [0.05, 0.1) is 18.8 Å². The summed E-state index contributed by atoms with van der Waals surface area (Å²) in [6.07, 6.45) is 0.945. The van der Waals surface area contributed by atoms with Gasteiger partial charge in [-0.05, 0) is 0 Å². The molecule has 1 saturated heterocycles. The van der Waals surface area contributed by atoms with E-state index in [4.69, 9.17) is 22.1 Å². The normalized spacial score (nSPS) is 37.8. The summed E-state index contributed by atoms with van der Waals surface area (Å²) in [5.41, 5.74) is 0. The van der Waals surface area contributed by atoms with Crippen LogP contribution in [0.3, 0.4) is 0 Å². The third kappa shape index (κ3) is 2.19. The van der Waals surface area contributed by atoms with Crippen molar-refractivity contribution < 1.29 is 14.2 Å². The zero-order valence-electron chi connectivity index (χ0n) is 6.95. The molecule has 0 N–H and O–H groups in total. The Morgan fingerprint density at radius 1 is 1.55 bits per heavy atom. The minimum absolute atomic E-state index is 0.0233. The topological polar surface area (TPSA) is 27.7 Å². The molecule has 3 atom stereocenters. The molecule has 0 unspecified atom stereocenters. The smallest absolute Gasteiger partial charge is 0.112 e. The van der Waals surface area contributed by atoms with E-state index in [1.54, 1.807) is 14.2 Å². The van der Waals surface area contributed by atoms with Gasteiger partial charge >= 0.3 is 0 Å². The molecule has 1 heterocycles. The van der Waals surface area contributed by atoms with E-state index in [1.165, 1.54) is 0 Å². The van der Waals surface area contributed by atoms with Crippen molar-refractivity contribution in [3.63, 3.8) is 0 Å². The molecule has 3 nitrogen and oxygen atoms in total. The minimum Gasteiger partial charge on any atom is -0.382 e. The van der Waals surface area contributed by atoms with Crippen LogP contribution in [0.4, 0.5) is 0 Å². The molecule has 1 aliphatic heterocycles. The summed E-state index contributed by atoms with van der Waals surface area (Å²) >= 11 is 0. The summed E-state index contributed by atoms with van der Waals surface area (Å²) in [5, 5.41) is 0. The average molecular weight is 156 g/mol. The standard InChI is InChI=1S/C7H13BO3/c1-9-4-5-3-6(10-2)7(8)11-5/h5-7H,3-4H2,1-2H3/t5-,6-,7+/m0/s1. The van der Waals surface area contributed by atoms with Crippen molar-refractivity contribution in [2.75, 3.05) is 20.8 Å². The van der Waals surface area contributed by atoms with Gasteiger partial charge in [-0.2, -0.15) is 0 Å². The van der Waals surface area contributed by atoms with Gasteiger partial charge in [-0.15, -0.1) is 0 Å². The van der Waals surface area contributed by atoms with E-state index in [0.717, 1.165) is 6.42 Å². The number of ether oxygens (including phenoxy) is 3. The van der Waals surface area contributed by atoms with Gasteiger partial charge < -0.3 is 14.2 Å². The fraction of sp³-hybridized carbons (Fsp3) is 1.00. The first-order valence-corrected chi connectivity index (χ1v) is 3.70. The molecule has 0 aromatic carbocycles. The number of hydrogen-bond acceptors (Lipinski definition) is 3. The summed E-state index contributed by atoms with van der Waals surface area (Å²) in [5.74, 6) is 0. The van der Waals surface area contributed by atoms with E-state index in [-0.39, 0.29) is 18.2 Å². The molecular weight excluding hydrogens is 143 g/mol. The largest absolute Gasteiger partial charge is 0.382 e. The quantitative estimate of drug-likeness (QED) is 0.535. The molecule has 0 spiro atoms. The minimum atomic E-state index is -0.292. The summed E-state index contributed by atoms with van der Waals surface area (Å²) in [4.78, 5) is 0. The van der Waals surface area contributed by atoms with Crippen LogP contribution in [0.5, 0.6) is 0 Å². The zero-order valence-corrected chi connectivity index (χ0v) is 6.95. The molecule has 0 aromatic heterocycles. The van der Waals surface area contributed by atoms with Gasteiger partial charge in [-0.1, -0.05) is 0 Å². The maximum Gasteiger partial charge on any atom is 0.112 e. The second kappa shape index (κ2) is 4.09. The Labute approximate surface area is 68.4 Å². The molecule has 2 radical (unpaired) electrons. The highest BCUT2D eigenvalue weighted by molar-refractivity contribution is 6.11. The van der Waals surface area contributed by atoms with Crippen LogP contribution in [0, 0.1) is 0 Å². The van der Waals surface area contributed by atoms with Crippen LogP contribution in [-0.4, -0.2) is 46.9 Å². The van der Waals surface area contributed by atoms with Crippen molar-refractivity contribution in [1.82, 2.24) is 0 Å². The Kier molecular flexibility index (Phi) is 3.36. The van der Waals surface area contributed by atoms with Crippen molar-refractivity contribution in [2.45, 2.75) is 24.6 Å². The van der Waals surface area contributed by atoms with Crippen LogP contribution < -0.4 is 0 Å². The molecule has 62 valence electrons. The summed E-state index contributed by atoms with van der Waals surface area (Å²) in [7, 11) is 8.90. The van der Waals surface area contributed by atoms with E-state index in [2.05, 4.69) is 0 Å². The highest BCUT2D eigenvalue weighted by Gasteiger charge is 2.31. The van der Waals surface area contributed by atoms with Crippen LogP contribution in [-0.2, 0) is 14.2 Å². The Hall–Kier alpha value is -0.0551. The van der Waals surface area contributed by atoms with Crippen molar-refractivity contribution in [1.29, 1.82) is 0 Å². The van der Waals surface area contributed by atoms with Crippen molar-refractivity contribution in [2.24, 2.45) is 0 Å². The second-order valence-electron chi connectivity index (χ2n) is 2.69. The molecule has 4 heteroatoms. The van der Waals surface area contributed by atoms with Gasteiger partial charge in [0.2, 0.25) is 0 Å². The molecule has 0 saturated carbocycles. The SMILES string of the molecule is [B][C@@H]1O[C@H](COC)C[C@@H]1OC. The van der Waals surface area contributed by atoms with E-state index in [1.807, 2.05) is 0 Å². The average Bonchev–Trinajstić information content (AvgIpc) is 2.32. The van der Waals surface area contributed by atoms with Gasteiger partial charge in [0.15, 0.2) is 0 Å². The van der Waals surface area contributed by atoms with Gasteiger partial charge in [0.25, 0.3) is 0 Å². The third-order valence-electron chi connectivity index (χ3n) is 1.87. The summed E-state index contributed by atoms with van der Waals surface area (Å²) in [6, 6.07) is -0.292. The number of hydrogen-bond donors (Lipinski definition) is 0. The van der Waals surface area contributed by atoms with Crippen LogP contribution in [0.15, 0.2) is 0 Å². The summed E-state index contributed by atoms with van der Waals surface area (Å²) < 4.78 is 15.4. The Bertz CT molecular complexity index is 120. The van der Waals surface area contributed by atoms with E-state index >= 15 is 0 Å². The molecule has 1 aliphatic rings. The Balaban J connectivity index is 2.30. The first kappa shape index (κ1) is 9.04. The predicted octanol–water partition coefficient (Wildman–Crippen LogP) is -0.0687. The van der Waals surface area contributed by atoms with E-state index in [0.29, 0.717) is 6.61 Å². The summed E-state index contributed by atoms with van der Waals surface area (Å²) in [6.45, 7) is 0.591. The molecule has 11 heavy (non-hydrogen) atoms. The lowest BCUT2D eigenvalue weighted by atomic mass is 9.94. The van der Waals surface area contributed by atoms with E-state index < -0.39 is 0 Å². The highest BCUT2D eigenvalue weighted by Crippen LogP contribution is 2.20. The Morgan fingerprint density at radius 2 is 2.27 bits per heavy atom. The molecule has 0 amide bonds. The maximum atomic E-state index is 5.61. The lowest BCUT2D eigenvalue weighted by Gasteiger charge is -2.10. The van der Waals surface area contributed by atoms with Gasteiger partial charge in [0, 0.05) is 26.6 Å². The molecular formula is C7H13BO3. The lowest BCUT2D eigenvalue weighted by molar-refractivity contribution is 0.0110. The molecule has 0 aliphatic carbocycles. The van der Waals surface area contributed by atoms with E-state index in [9.17, 15) is 0 Å². The van der Waals surface area contributed by atoms with Crippen LogP contribution in [0.1, 0.15) is 6.42 Å². The second-order valence-corrected chi connectivity index (χ2v) is 2.69. The van der Waals surface area contributed by atoms with Crippen LogP contribution >= 0.6 is 0 Å². The third-order valence-corrected chi connectivity index (χ3v) is 1.87. The van der Waals surface area contributed by atoms with Gasteiger partial charge in [-0.3, -0.25) is 0 Å². The maximum absolute atomic E-state index is 5.61. The van der Waals surface area contributed by atoms with Crippen LogP contribution in [0.2, 0.25) is 0 Å². The fourth-order valence-electron chi connectivity index (χ4n) is 1.28. The predicted molar refractivity (Wildman–Crippen MR) is 41.7 cm³/mol. The van der Waals surface area contributed by atoms with Crippen molar-refractivity contribution >= 4 is 7.85 Å². The number of rotatable bonds is 3. The molecule has 0 bridgehead atoms. The van der Waals surface area contributed by atoms with Crippen LogP contribution in [0.25, 0.3) is 0 Å². The van der Waals surface area contributed by atoms with Gasteiger partial charge in [0.1, 0.15) is 7.85 Å². The first-order valence-electron chi connectivity index (χ1n) is 3.70. The van der Waals surface area contributed by atoms with Crippen molar-refractivity contribution in [3.05, 3.63) is 0 Å².